The molecule has 0 fully saturated rings. The van der Waals surface area contributed by atoms with Crippen molar-refractivity contribution >= 4 is 29.3 Å². The first-order valence-corrected chi connectivity index (χ1v) is 10.4. The summed E-state index contributed by atoms with van der Waals surface area (Å²) in [6.07, 6.45) is 0.126. The van der Waals surface area contributed by atoms with E-state index in [2.05, 4.69) is 36.5 Å². The largest absolute Gasteiger partial charge is 0.481 e. The number of carbonyl (C=O) groups is 1. The van der Waals surface area contributed by atoms with Crippen LogP contribution in [-0.2, 0) is 10.5 Å². The lowest BCUT2D eigenvalue weighted by molar-refractivity contribution is -0.127. The molecule has 0 bridgehead atoms. The summed E-state index contributed by atoms with van der Waals surface area (Å²) in [6, 6.07) is 13.9. The highest BCUT2D eigenvalue weighted by atomic mass is 35.5. The maximum Gasteiger partial charge on any atom is 0.261 e. The van der Waals surface area contributed by atoms with Gasteiger partial charge in [0.25, 0.3) is 5.91 Å². The molecule has 1 amide bonds. The minimum Gasteiger partial charge on any atom is -0.481 e. The van der Waals surface area contributed by atoms with Crippen LogP contribution in [0.3, 0.4) is 0 Å². The Morgan fingerprint density at radius 2 is 2.04 bits per heavy atom. The molecular formula is C21H26ClNO2S. The average Bonchev–Trinajstić information content (AvgIpc) is 2.62. The van der Waals surface area contributed by atoms with Crippen LogP contribution in [0.1, 0.15) is 30.0 Å². The van der Waals surface area contributed by atoms with Crippen LogP contribution >= 0.6 is 23.4 Å². The van der Waals surface area contributed by atoms with Crippen LogP contribution < -0.4 is 10.1 Å². The zero-order valence-corrected chi connectivity index (χ0v) is 17.1. The molecule has 0 heterocycles. The molecule has 5 heteroatoms. The van der Waals surface area contributed by atoms with Gasteiger partial charge >= 0.3 is 0 Å². The third-order valence-corrected chi connectivity index (χ3v) is 5.42. The van der Waals surface area contributed by atoms with Crippen molar-refractivity contribution in [2.24, 2.45) is 0 Å². The number of ether oxygens (including phenoxy) is 1. The Kier molecular flexibility index (Phi) is 8.33. The topological polar surface area (TPSA) is 38.3 Å². The van der Waals surface area contributed by atoms with Crippen molar-refractivity contribution in [1.29, 1.82) is 0 Å². The van der Waals surface area contributed by atoms with Gasteiger partial charge in [-0.25, -0.2) is 0 Å². The van der Waals surface area contributed by atoms with Crippen molar-refractivity contribution in [2.45, 2.75) is 39.0 Å². The van der Waals surface area contributed by atoms with Crippen LogP contribution in [0.2, 0.25) is 5.02 Å². The summed E-state index contributed by atoms with van der Waals surface area (Å²) >= 11 is 7.84. The molecule has 3 nitrogen and oxygen atoms in total. The summed E-state index contributed by atoms with van der Waals surface area (Å²) in [4.78, 5) is 12.3. The monoisotopic (exact) mass is 391 g/mol. The summed E-state index contributed by atoms with van der Waals surface area (Å²) in [7, 11) is 0. The fourth-order valence-electron chi connectivity index (χ4n) is 2.53. The SMILES string of the molecule is CC[C@H](Oc1ccc(Cl)c(C)c1)C(=O)NCCSCc1cccc(C)c1. The molecule has 0 aliphatic rings. The van der Waals surface area contributed by atoms with Crippen LogP contribution in [-0.4, -0.2) is 24.3 Å². The predicted octanol–water partition coefficient (Wildman–Crippen LogP) is 5.16. The van der Waals surface area contributed by atoms with Gasteiger partial charge in [-0.15, -0.1) is 0 Å². The molecule has 0 saturated heterocycles. The first-order valence-electron chi connectivity index (χ1n) is 8.83. The highest BCUT2D eigenvalue weighted by Gasteiger charge is 2.18. The lowest BCUT2D eigenvalue weighted by Crippen LogP contribution is -2.39. The molecule has 0 spiro atoms. The maximum atomic E-state index is 12.3. The summed E-state index contributed by atoms with van der Waals surface area (Å²) < 4.78 is 5.82. The quantitative estimate of drug-likeness (QED) is 0.599. The van der Waals surface area contributed by atoms with Gasteiger partial charge < -0.3 is 10.1 Å². The zero-order valence-electron chi connectivity index (χ0n) is 15.5. The number of rotatable bonds is 9. The number of amides is 1. The molecule has 0 aliphatic carbocycles. The van der Waals surface area contributed by atoms with Gasteiger partial charge in [0.1, 0.15) is 5.75 Å². The van der Waals surface area contributed by atoms with E-state index >= 15 is 0 Å². The minimum absolute atomic E-state index is 0.0729. The molecule has 0 unspecified atom stereocenters. The van der Waals surface area contributed by atoms with Crippen molar-refractivity contribution in [3.63, 3.8) is 0 Å². The highest BCUT2D eigenvalue weighted by molar-refractivity contribution is 7.98. The van der Waals surface area contributed by atoms with E-state index in [1.54, 1.807) is 12.1 Å². The van der Waals surface area contributed by atoms with Crippen LogP contribution in [0.4, 0.5) is 0 Å². The molecule has 26 heavy (non-hydrogen) atoms. The van der Waals surface area contributed by atoms with E-state index in [-0.39, 0.29) is 5.91 Å². The molecule has 1 atom stereocenters. The fraction of sp³-hybridized carbons (Fsp3) is 0.381. The summed E-state index contributed by atoms with van der Waals surface area (Å²) in [5, 5.41) is 3.66. The fourth-order valence-corrected chi connectivity index (χ4v) is 3.45. The summed E-state index contributed by atoms with van der Waals surface area (Å²) in [5.41, 5.74) is 3.53. The Bertz CT molecular complexity index is 736. The third-order valence-electron chi connectivity index (χ3n) is 3.97. The Balaban J connectivity index is 1.73. The van der Waals surface area contributed by atoms with Gasteiger partial charge in [-0.1, -0.05) is 48.4 Å². The molecule has 2 rings (SSSR count). The molecule has 2 aromatic rings. The highest BCUT2D eigenvalue weighted by Crippen LogP contribution is 2.22. The van der Waals surface area contributed by atoms with Gasteiger partial charge in [-0.3, -0.25) is 4.79 Å². The molecule has 2 aromatic carbocycles. The molecule has 0 radical (unpaired) electrons. The Hall–Kier alpha value is -1.65. The van der Waals surface area contributed by atoms with Gasteiger partial charge in [-0.05, 0) is 49.6 Å². The number of halogens is 1. The van der Waals surface area contributed by atoms with Crippen LogP contribution in [0.5, 0.6) is 5.75 Å². The van der Waals surface area contributed by atoms with Crippen LogP contribution in [0, 0.1) is 13.8 Å². The van der Waals surface area contributed by atoms with Gasteiger partial charge in [0.05, 0.1) is 0 Å². The number of nitrogens with one attached hydrogen (secondary N) is 1. The standard InChI is InChI=1S/C21H26ClNO2S/c1-4-20(25-18-8-9-19(22)16(3)13-18)21(24)23-10-11-26-14-17-7-5-6-15(2)12-17/h5-9,12-13,20H,4,10-11,14H2,1-3H3,(H,23,24)/t20-/m0/s1. The lowest BCUT2D eigenvalue weighted by Gasteiger charge is -2.17. The number of hydrogen-bond acceptors (Lipinski definition) is 3. The summed E-state index contributed by atoms with van der Waals surface area (Å²) in [5.74, 6) is 2.42. The zero-order chi connectivity index (χ0) is 18.9. The van der Waals surface area contributed by atoms with Crippen LogP contribution in [0.25, 0.3) is 0 Å². The first kappa shape index (κ1) is 20.7. The van der Waals surface area contributed by atoms with E-state index in [0.717, 1.165) is 17.1 Å². The molecule has 0 saturated carbocycles. The molecule has 0 aliphatic heterocycles. The number of benzene rings is 2. The van der Waals surface area contributed by atoms with Gasteiger partial charge in [0, 0.05) is 23.1 Å². The number of aryl methyl sites for hydroxylation is 2. The smallest absolute Gasteiger partial charge is 0.261 e. The van der Waals surface area contributed by atoms with Gasteiger partial charge in [-0.2, -0.15) is 11.8 Å². The predicted molar refractivity (Wildman–Crippen MR) is 111 cm³/mol. The number of thioether (sulfide) groups is 1. The normalized spacial score (nSPS) is 11.8. The van der Waals surface area contributed by atoms with E-state index < -0.39 is 6.10 Å². The molecule has 0 aromatic heterocycles. The molecular weight excluding hydrogens is 366 g/mol. The van der Waals surface area contributed by atoms with Crippen molar-refractivity contribution < 1.29 is 9.53 Å². The Morgan fingerprint density at radius 3 is 2.73 bits per heavy atom. The van der Waals surface area contributed by atoms with E-state index in [1.807, 2.05) is 31.7 Å². The van der Waals surface area contributed by atoms with Gasteiger partial charge in [0.2, 0.25) is 0 Å². The van der Waals surface area contributed by atoms with Gasteiger partial charge in [0.15, 0.2) is 6.10 Å². The Labute approximate surface area is 165 Å². The van der Waals surface area contributed by atoms with Crippen molar-refractivity contribution in [1.82, 2.24) is 5.32 Å². The molecule has 1 N–H and O–H groups in total. The van der Waals surface area contributed by atoms with Crippen molar-refractivity contribution in [3.05, 3.63) is 64.2 Å². The van der Waals surface area contributed by atoms with Crippen molar-refractivity contribution in [2.75, 3.05) is 12.3 Å². The lowest BCUT2D eigenvalue weighted by atomic mass is 10.2. The second kappa shape index (κ2) is 10.5. The van der Waals surface area contributed by atoms with Crippen molar-refractivity contribution in [3.8, 4) is 5.75 Å². The van der Waals surface area contributed by atoms with E-state index in [0.29, 0.717) is 23.7 Å². The second-order valence-electron chi connectivity index (χ2n) is 6.26. The van der Waals surface area contributed by atoms with E-state index in [9.17, 15) is 4.79 Å². The number of carbonyl (C=O) groups excluding carboxylic acids is 1. The average molecular weight is 392 g/mol. The molecule has 140 valence electrons. The second-order valence-corrected chi connectivity index (χ2v) is 7.77. The van der Waals surface area contributed by atoms with E-state index in [4.69, 9.17) is 16.3 Å². The number of hydrogen-bond donors (Lipinski definition) is 1. The van der Waals surface area contributed by atoms with Crippen LogP contribution in [0.15, 0.2) is 42.5 Å². The van der Waals surface area contributed by atoms with E-state index in [1.165, 1.54) is 11.1 Å². The minimum atomic E-state index is -0.489. The maximum absolute atomic E-state index is 12.3. The summed E-state index contributed by atoms with van der Waals surface area (Å²) in [6.45, 7) is 6.59. The Morgan fingerprint density at radius 1 is 1.23 bits per heavy atom. The third kappa shape index (κ3) is 6.58. The first-order chi connectivity index (χ1) is 12.5.